The Kier molecular flexibility index (Phi) is 5.56. The maximum Gasteiger partial charge on any atom is 0.193 e. The zero-order chi connectivity index (χ0) is 12.7. The number of nitrogens with zero attached hydrogens (tertiary/aromatic N) is 3. The van der Waals surface area contributed by atoms with Crippen molar-refractivity contribution in [1.29, 1.82) is 0 Å². The molecule has 1 heterocycles. The molecule has 0 saturated carbocycles. The first-order valence-electron chi connectivity index (χ1n) is 5.70. The van der Waals surface area contributed by atoms with Crippen molar-refractivity contribution in [2.24, 2.45) is 12.0 Å². The summed E-state index contributed by atoms with van der Waals surface area (Å²) in [6.45, 7) is 2.27. The van der Waals surface area contributed by atoms with Crippen molar-refractivity contribution in [2.45, 2.75) is 6.54 Å². The molecule has 0 fully saturated rings. The average Bonchev–Trinajstić information content (AvgIpc) is 2.70. The molecule has 1 N–H and O–H groups in total. The van der Waals surface area contributed by atoms with Gasteiger partial charge in [-0.1, -0.05) is 0 Å². The molecule has 0 aliphatic carbocycles. The predicted octanol–water partition coefficient (Wildman–Crippen LogP) is 0.679. The quantitative estimate of drug-likeness (QED) is 0.466. The van der Waals surface area contributed by atoms with Gasteiger partial charge in [0.05, 0.1) is 13.2 Å². The second kappa shape index (κ2) is 6.96. The summed E-state index contributed by atoms with van der Waals surface area (Å²) in [5, 5.41) is 3.24. The molecule has 0 aromatic carbocycles. The van der Waals surface area contributed by atoms with Gasteiger partial charge in [-0.25, -0.2) is 0 Å². The Labute approximate surface area is 103 Å². The monoisotopic (exact) mass is 238 g/mol. The minimum absolute atomic E-state index is 0.678. The molecule has 0 unspecified atom stereocenters. The highest BCUT2D eigenvalue weighted by Gasteiger charge is 2.07. The lowest BCUT2D eigenvalue weighted by Gasteiger charge is -2.22. The van der Waals surface area contributed by atoms with E-state index >= 15 is 0 Å². The summed E-state index contributed by atoms with van der Waals surface area (Å²) in [5.41, 5.74) is 1.25. The van der Waals surface area contributed by atoms with E-state index in [1.165, 1.54) is 5.69 Å². The summed E-state index contributed by atoms with van der Waals surface area (Å²) in [6.07, 6.45) is 2.05. The minimum atomic E-state index is 0.678. The van der Waals surface area contributed by atoms with E-state index in [1.807, 2.05) is 26.4 Å². The third-order valence-corrected chi connectivity index (χ3v) is 2.61. The standard InChI is InChI=1S/C12H22N4O/c1-13-12(14-7-9-17-4)16(3)10-11-6-5-8-15(11)2/h5-6,8H,7,9-10H2,1-4H3,(H,13,14). The van der Waals surface area contributed by atoms with Gasteiger partial charge >= 0.3 is 0 Å². The fraction of sp³-hybridized carbons (Fsp3) is 0.583. The van der Waals surface area contributed by atoms with Crippen molar-refractivity contribution in [3.8, 4) is 0 Å². The number of nitrogens with one attached hydrogen (secondary N) is 1. The van der Waals surface area contributed by atoms with E-state index < -0.39 is 0 Å². The molecule has 5 nitrogen and oxygen atoms in total. The molecule has 0 aliphatic heterocycles. The minimum Gasteiger partial charge on any atom is -0.383 e. The second-order valence-corrected chi connectivity index (χ2v) is 3.93. The van der Waals surface area contributed by atoms with Crippen molar-refractivity contribution in [3.05, 3.63) is 24.0 Å². The fourth-order valence-electron chi connectivity index (χ4n) is 1.63. The molecule has 0 amide bonds. The van der Waals surface area contributed by atoms with E-state index in [-0.39, 0.29) is 0 Å². The third kappa shape index (κ3) is 4.11. The Morgan fingerprint density at radius 3 is 2.88 bits per heavy atom. The number of aromatic nitrogens is 1. The lowest BCUT2D eigenvalue weighted by Crippen LogP contribution is -2.40. The largest absolute Gasteiger partial charge is 0.383 e. The van der Waals surface area contributed by atoms with Gasteiger partial charge in [0, 0.05) is 46.7 Å². The van der Waals surface area contributed by atoms with Gasteiger partial charge in [0.15, 0.2) is 5.96 Å². The number of rotatable bonds is 5. The number of methoxy groups -OCH3 is 1. The van der Waals surface area contributed by atoms with Gasteiger partial charge in [-0.3, -0.25) is 4.99 Å². The number of aryl methyl sites for hydroxylation is 1. The Morgan fingerprint density at radius 1 is 1.59 bits per heavy atom. The van der Waals surface area contributed by atoms with Crippen molar-refractivity contribution >= 4 is 5.96 Å². The summed E-state index contributed by atoms with van der Waals surface area (Å²) in [6, 6.07) is 4.16. The molecular formula is C12H22N4O. The van der Waals surface area contributed by atoms with E-state index in [2.05, 4.69) is 25.8 Å². The first-order chi connectivity index (χ1) is 8.19. The number of aliphatic imine (C=N–C) groups is 1. The molecule has 0 radical (unpaired) electrons. The number of guanidine groups is 1. The summed E-state index contributed by atoms with van der Waals surface area (Å²) in [4.78, 5) is 6.32. The molecule has 1 aromatic rings. The number of ether oxygens (including phenoxy) is 1. The zero-order valence-corrected chi connectivity index (χ0v) is 11.1. The van der Waals surface area contributed by atoms with Crippen LogP contribution in [-0.4, -0.2) is 49.8 Å². The molecule has 5 heteroatoms. The van der Waals surface area contributed by atoms with E-state index in [1.54, 1.807) is 14.2 Å². The predicted molar refractivity (Wildman–Crippen MR) is 70.1 cm³/mol. The van der Waals surface area contributed by atoms with Crippen LogP contribution < -0.4 is 5.32 Å². The van der Waals surface area contributed by atoms with Crippen LogP contribution in [0.4, 0.5) is 0 Å². The molecule has 0 atom stereocenters. The van der Waals surface area contributed by atoms with E-state index in [9.17, 15) is 0 Å². The molecule has 96 valence electrons. The normalized spacial score (nSPS) is 11.6. The molecule has 0 saturated heterocycles. The lowest BCUT2D eigenvalue weighted by atomic mass is 10.4. The van der Waals surface area contributed by atoms with Crippen LogP contribution in [0.2, 0.25) is 0 Å². The lowest BCUT2D eigenvalue weighted by molar-refractivity contribution is 0.203. The molecule has 1 rings (SSSR count). The van der Waals surface area contributed by atoms with Crippen LogP contribution in [-0.2, 0) is 18.3 Å². The fourth-order valence-corrected chi connectivity index (χ4v) is 1.63. The summed E-state index contributed by atoms with van der Waals surface area (Å²) < 4.78 is 7.11. The summed E-state index contributed by atoms with van der Waals surface area (Å²) >= 11 is 0. The van der Waals surface area contributed by atoms with Crippen LogP contribution >= 0.6 is 0 Å². The van der Waals surface area contributed by atoms with Gasteiger partial charge in [-0.15, -0.1) is 0 Å². The molecule has 17 heavy (non-hydrogen) atoms. The highest BCUT2D eigenvalue weighted by molar-refractivity contribution is 5.79. The highest BCUT2D eigenvalue weighted by atomic mass is 16.5. The van der Waals surface area contributed by atoms with Crippen LogP contribution in [0, 0.1) is 0 Å². The summed E-state index contributed by atoms with van der Waals surface area (Å²) in [5.74, 6) is 0.878. The van der Waals surface area contributed by atoms with E-state index in [0.717, 1.165) is 19.0 Å². The Bertz CT molecular complexity index is 359. The maximum atomic E-state index is 5.00. The zero-order valence-electron chi connectivity index (χ0n) is 11.1. The van der Waals surface area contributed by atoms with E-state index in [0.29, 0.717) is 6.61 Å². The van der Waals surface area contributed by atoms with Crippen LogP contribution in [0.25, 0.3) is 0 Å². The molecule has 0 bridgehead atoms. The van der Waals surface area contributed by atoms with Gasteiger partial charge in [0.25, 0.3) is 0 Å². The second-order valence-electron chi connectivity index (χ2n) is 3.93. The maximum absolute atomic E-state index is 5.00. The summed E-state index contributed by atoms with van der Waals surface area (Å²) in [7, 11) is 7.55. The van der Waals surface area contributed by atoms with Crippen molar-refractivity contribution in [3.63, 3.8) is 0 Å². The van der Waals surface area contributed by atoms with Gasteiger partial charge in [-0.2, -0.15) is 0 Å². The molecule has 1 aromatic heterocycles. The number of hydrogen-bond acceptors (Lipinski definition) is 2. The third-order valence-electron chi connectivity index (χ3n) is 2.61. The Balaban J connectivity index is 2.50. The van der Waals surface area contributed by atoms with Crippen molar-refractivity contribution in [2.75, 3.05) is 34.4 Å². The smallest absolute Gasteiger partial charge is 0.193 e. The Hall–Kier alpha value is -1.49. The van der Waals surface area contributed by atoms with Crippen LogP contribution in [0.3, 0.4) is 0 Å². The first-order valence-corrected chi connectivity index (χ1v) is 5.70. The van der Waals surface area contributed by atoms with E-state index in [4.69, 9.17) is 4.74 Å². The van der Waals surface area contributed by atoms with Gasteiger partial charge < -0.3 is 19.5 Å². The first kappa shape index (κ1) is 13.6. The van der Waals surface area contributed by atoms with Crippen LogP contribution in [0.5, 0.6) is 0 Å². The van der Waals surface area contributed by atoms with Crippen LogP contribution in [0.15, 0.2) is 23.3 Å². The van der Waals surface area contributed by atoms with Crippen molar-refractivity contribution in [1.82, 2.24) is 14.8 Å². The van der Waals surface area contributed by atoms with Crippen LogP contribution in [0.1, 0.15) is 5.69 Å². The SMILES string of the molecule is CN=C(NCCOC)N(C)Cc1cccn1C. The highest BCUT2D eigenvalue weighted by Crippen LogP contribution is 2.03. The topological polar surface area (TPSA) is 41.8 Å². The van der Waals surface area contributed by atoms with Gasteiger partial charge in [0.2, 0.25) is 0 Å². The van der Waals surface area contributed by atoms with Crippen molar-refractivity contribution < 1.29 is 4.74 Å². The number of hydrogen-bond donors (Lipinski definition) is 1. The average molecular weight is 238 g/mol. The van der Waals surface area contributed by atoms with Gasteiger partial charge in [0.1, 0.15) is 0 Å². The molecule has 0 aliphatic rings. The molecule has 0 spiro atoms. The Morgan fingerprint density at radius 2 is 2.35 bits per heavy atom. The van der Waals surface area contributed by atoms with Gasteiger partial charge in [-0.05, 0) is 12.1 Å². The molecular weight excluding hydrogens is 216 g/mol.